The van der Waals surface area contributed by atoms with E-state index in [1.54, 1.807) is 0 Å². The van der Waals surface area contributed by atoms with Crippen molar-refractivity contribution >= 4 is 11.6 Å². The minimum atomic E-state index is 0.680. The average Bonchev–Trinajstić information content (AvgIpc) is 2.69. The number of halogens is 1. The molecule has 1 aromatic heterocycles. The molecule has 0 radical (unpaired) electrons. The molecule has 3 nitrogen and oxygen atoms in total. The zero-order chi connectivity index (χ0) is 13.0. The van der Waals surface area contributed by atoms with Gasteiger partial charge < -0.3 is 5.73 Å². The van der Waals surface area contributed by atoms with E-state index in [1.807, 2.05) is 10.9 Å². The van der Waals surface area contributed by atoms with Crippen LogP contribution < -0.4 is 5.73 Å². The van der Waals surface area contributed by atoms with Gasteiger partial charge in [0.15, 0.2) is 0 Å². The molecule has 18 heavy (non-hydrogen) atoms. The van der Waals surface area contributed by atoms with Gasteiger partial charge in [-0.2, -0.15) is 5.10 Å². The molecular formula is C14H18ClN3. The van der Waals surface area contributed by atoms with Gasteiger partial charge in [-0.25, -0.2) is 4.68 Å². The lowest BCUT2D eigenvalue weighted by molar-refractivity contribution is 0.686. The Morgan fingerprint density at radius 3 is 2.94 bits per heavy atom. The molecule has 0 saturated carbocycles. The van der Waals surface area contributed by atoms with E-state index in [2.05, 4.69) is 36.3 Å². The normalized spacial score (nSPS) is 10.8. The van der Waals surface area contributed by atoms with Crippen molar-refractivity contribution in [1.29, 1.82) is 0 Å². The van der Waals surface area contributed by atoms with Gasteiger partial charge in [0.05, 0.1) is 12.7 Å². The minimum Gasteiger partial charge on any atom is -0.330 e. The second-order valence-corrected chi connectivity index (χ2v) is 4.86. The monoisotopic (exact) mass is 263 g/mol. The predicted octanol–water partition coefficient (Wildman–Crippen LogP) is 2.78. The molecule has 0 spiro atoms. The van der Waals surface area contributed by atoms with Gasteiger partial charge in [0.1, 0.15) is 5.15 Å². The van der Waals surface area contributed by atoms with Crippen molar-refractivity contribution in [3.8, 4) is 0 Å². The molecule has 96 valence electrons. The van der Waals surface area contributed by atoms with Crippen LogP contribution in [0, 0.1) is 6.92 Å². The van der Waals surface area contributed by atoms with Crippen molar-refractivity contribution in [2.24, 2.45) is 5.73 Å². The zero-order valence-corrected chi connectivity index (χ0v) is 11.3. The molecule has 0 saturated heterocycles. The van der Waals surface area contributed by atoms with Crippen molar-refractivity contribution < 1.29 is 0 Å². The van der Waals surface area contributed by atoms with Gasteiger partial charge in [0.2, 0.25) is 0 Å². The van der Waals surface area contributed by atoms with Gasteiger partial charge in [0.25, 0.3) is 0 Å². The van der Waals surface area contributed by atoms with E-state index in [0.29, 0.717) is 13.1 Å². The molecule has 0 fully saturated rings. The summed E-state index contributed by atoms with van der Waals surface area (Å²) in [5.41, 5.74) is 9.04. The number of nitrogens with zero attached hydrogens (tertiary/aromatic N) is 2. The van der Waals surface area contributed by atoms with Crippen LogP contribution in [-0.2, 0) is 13.0 Å². The molecule has 2 N–H and O–H groups in total. The van der Waals surface area contributed by atoms with Crippen LogP contribution in [0.25, 0.3) is 0 Å². The van der Waals surface area contributed by atoms with Crippen molar-refractivity contribution in [1.82, 2.24) is 9.78 Å². The van der Waals surface area contributed by atoms with Crippen molar-refractivity contribution in [2.45, 2.75) is 26.3 Å². The molecule has 0 bridgehead atoms. The summed E-state index contributed by atoms with van der Waals surface area (Å²) in [5.74, 6) is 0. The first-order valence-electron chi connectivity index (χ1n) is 6.16. The molecule has 0 amide bonds. The van der Waals surface area contributed by atoms with Crippen molar-refractivity contribution in [3.05, 3.63) is 52.3 Å². The predicted molar refractivity (Wildman–Crippen MR) is 74.9 cm³/mol. The summed E-state index contributed by atoms with van der Waals surface area (Å²) in [7, 11) is 0. The molecule has 0 unspecified atom stereocenters. The van der Waals surface area contributed by atoms with Crippen LogP contribution >= 0.6 is 11.6 Å². The van der Waals surface area contributed by atoms with E-state index in [1.165, 1.54) is 11.1 Å². The first kappa shape index (κ1) is 13.1. The highest BCUT2D eigenvalue weighted by molar-refractivity contribution is 6.30. The third kappa shape index (κ3) is 3.12. The van der Waals surface area contributed by atoms with Crippen LogP contribution in [0.5, 0.6) is 0 Å². The Balaban J connectivity index is 2.12. The lowest BCUT2D eigenvalue weighted by Gasteiger charge is -2.05. The highest BCUT2D eigenvalue weighted by Gasteiger charge is 2.08. The molecule has 0 atom stereocenters. The maximum Gasteiger partial charge on any atom is 0.130 e. The number of hydrogen-bond donors (Lipinski definition) is 1. The van der Waals surface area contributed by atoms with Crippen LogP contribution in [0.1, 0.15) is 23.1 Å². The van der Waals surface area contributed by atoms with E-state index in [4.69, 9.17) is 17.3 Å². The SMILES string of the molecule is Cc1cccc(Cn2ncc(CCCN)c2Cl)c1. The Morgan fingerprint density at radius 1 is 1.39 bits per heavy atom. The molecule has 0 aliphatic carbocycles. The fraction of sp³-hybridized carbons (Fsp3) is 0.357. The minimum absolute atomic E-state index is 0.680. The Labute approximate surface area is 113 Å². The summed E-state index contributed by atoms with van der Waals surface area (Å²) in [6, 6.07) is 8.38. The molecular weight excluding hydrogens is 246 g/mol. The maximum atomic E-state index is 6.31. The average molecular weight is 264 g/mol. The first-order chi connectivity index (χ1) is 8.70. The van der Waals surface area contributed by atoms with Crippen molar-refractivity contribution in [3.63, 3.8) is 0 Å². The van der Waals surface area contributed by atoms with Gasteiger partial charge >= 0.3 is 0 Å². The van der Waals surface area contributed by atoms with Crippen LogP contribution in [0.2, 0.25) is 5.15 Å². The van der Waals surface area contributed by atoms with E-state index < -0.39 is 0 Å². The quantitative estimate of drug-likeness (QED) is 0.902. The van der Waals surface area contributed by atoms with E-state index in [9.17, 15) is 0 Å². The van der Waals surface area contributed by atoms with E-state index in [-0.39, 0.29) is 0 Å². The van der Waals surface area contributed by atoms with E-state index in [0.717, 1.165) is 23.6 Å². The number of nitrogens with two attached hydrogens (primary N) is 1. The molecule has 1 heterocycles. The molecule has 2 aromatic rings. The molecule has 2 rings (SSSR count). The van der Waals surface area contributed by atoms with Gasteiger partial charge in [-0.05, 0) is 31.9 Å². The standard InChI is InChI=1S/C14H18ClN3/c1-11-4-2-5-12(8-11)10-18-14(15)13(9-17-18)6-3-7-16/h2,4-5,8-9H,3,6-7,10,16H2,1H3. The Bertz CT molecular complexity index is 520. The van der Waals surface area contributed by atoms with Crippen LogP contribution in [0.3, 0.4) is 0 Å². The fourth-order valence-electron chi connectivity index (χ4n) is 1.96. The number of rotatable bonds is 5. The largest absolute Gasteiger partial charge is 0.330 e. The van der Waals surface area contributed by atoms with Gasteiger partial charge in [-0.15, -0.1) is 0 Å². The smallest absolute Gasteiger partial charge is 0.130 e. The Kier molecular flexibility index (Phi) is 4.39. The van der Waals surface area contributed by atoms with Crippen LogP contribution in [-0.4, -0.2) is 16.3 Å². The van der Waals surface area contributed by atoms with Gasteiger partial charge in [-0.1, -0.05) is 41.4 Å². The van der Waals surface area contributed by atoms with Crippen LogP contribution in [0.4, 0.5) is 0 Å². The van der Waals surface area contributed by atoms with Gasteiger partial charge in [-0.3, -0.25) is 0 Å². The highest BCUT2D eigenvalue weighted by Crippen LogP contribution is 2.18. The fourth-order valence-corrected chi connectivity index (χ4v) is 2.21. The number of aromatic nitrogens is 2. The third-order valence-electron chi connectivity index (χ3n) is 2.91. The number of hydrogen-bond acceptors (Lipinski definition) is 2. The second kappa shape index (κ2) is 6.03. The van der Waals surface area contributed by atoms with Crippen LogP contribution in [0.15, 0.2) is 30.5 Å². The van der Waals surface area contributed by atoms with E-state index >= 15 is 0 Å². The number of benzene rings is 1. The first-order valence-corrected chi connectivity index (χ1v) is 6.54. The summed E-state index contributed by atoms with van der Waals surface area (Å²) < 4.78 is 1.84. The molecule has 0 aliphatic rings. The number of aryl methyl sites for hydroxylation is 2. The summed E-state index contributed by atoms with van der Waals surface area (Å²) in [6.07, 6.45) is 3.67. The lowest BCUT2D eigenvalue weighted by Crippen LogP contribution is -2.03. The summed E-state index contributed by atoms with van der Waals surface area (Å²) in [6.45, 7) is 3.48. The summed E-state index contributed by atoms with van der Waals surface area (Å²) in [5, 5.41) is 5.06. The van der Waals surface area contributed by atoms with Crippen molar-refractivity contribution in [2.75, 3.05) is 6.54 Å². The molecule has 0 aliphatic heterocycles. The van der Waals surface area contributed by atoms with Gasteiger partial charge in [0, 0.05) is 5.56 Å². The topological polar surface area (TPSA) is 43.8 Å². The highest BCUT2D eigenvalue weighted by atomic mass is 35.5. The molecule has 1 aromatic carbocycles. The zero-order valence-electron chi connectivity index (χ0n) is 10.6. The molecule has 4 heteroatoms. The Hall–Kier alpha value is -1.32. The maximum absolute atomic E-state index is 6.31. The lowest BCUT2D eigenvalue weighted by atomic mass is 10.1. The Morgan fingerprint density at radius 2 is 2.22 bits per heavy atom. The summed E-state index contributed by atoms with van der Waals surface area (Å²) >= 11 is 6.31. The third-order valence-corrected chi connectivity index (χ3v) is 3.35. The second-order valence-electron chi connectivity index (χ2n) is 4.50. The summed E-state index contributed by atoms with van der Waals surface area (Å²) in [4.78, 5) is 0.